The van der Waals surface area contributed by atoms with Gasteiger partial charge in [-0.2, -0.15) is 4.98 Å². The minimum absolute atomic E-state index is 0.00670. The van der Waals surface area contributed by atoms with E-state index in [0.717, 1.165) is 31.2 Å². The normalized spacial score (nSPS) is 24.6. The highest BCUT2D eigenvalue weighted by Crippen LogP contribution is 2.31. The van der Waals surface area contributed by atoms with E-state index >= 15 is 0 Å². The van der Waals surface area contributed by atoms with Gasteiger partial charge in [0.2, 0.25) is 5.88 Å². The highest BCUT2D eigenvalue weighted by molar-refractivity contribution is 5.28. The van der Waals surface area contributed by atoms with Crippen molar-refractivity contribution in [2.75, 3.05) is 6.61 Å². The average molecular weight is 364 g/mol. The van der Waals surface area contributed by atoms with E-state index in [1.165, 1.54) is 44.9 Å². The first-order valence-corrected chi connectivity index (χ1v) is 10.3. The largest absolute Gasteiger partial charge is 0.474 e. The first kappa shape index (κ1) is 19.4. The van der Waals surface area contributed by atoms with Gasteiger partial charge in [0, 0.05) is 18.2 Å². The van der Waals surface area contributed by atoms with Crippen molar-refractivity contribution in [3.05, 3.63) is 22.2 Å². The van der Waals surface area contributed by atoms with E-state index in [2.05, 4.69) is 11.9 Å². The van der Waals surface area contributed by atoms with Crippen molar-refractivity contribution in [3.63, 3.8) is 0 Å². The van der Waals surface area contributed by atoms with Gasteiger partial charge < -0.3 is 14.6 Å². The van der Waals surface area contributed by atoms with Crippen LogP contribution in [0.3, 0.4) is 0 Å². The van der Waals surface area contributed by atoms with Crippen molar-refractivity contribution in [2.45, 2.75) is 96.0 Å². The van der Waals surface area contributed by atoms with Crippen LogP contribution in [0.25, 0.3) is 0 Å². The Morgan fingerprint density at radius 2 is 1.92 bits per heavy atom. The van der Waals surface area contributed by atoms with Crippen LogP contribution in [-0.2, 0) is 11.2 Å². The van der Waals surface area contributed by atoms with Crippen molar-refractivity contribution in [1.82, 2.24) is 9.55 Å². The molecule has 6 heteroatoms. The molecule has 6 nitrogen and oxygen atoms in total. The molecule has 1 N–H and O–H groups in total. The van der Waals surface area contributed by atoms with Crippen LogP contribution in [0.4, 0.5) is 0 Å². The predicted octanol–water partition coefficient (Wildman–Crippen LogP) is 3.36. The van der Waals surface area contributed by atoms with Gasteiger partial charge in [-0.25, -0.2) is 4.79 Å². The predicted molar refractivity (Wildman–Crippen MR) is 99.5 cm³/mol. The topological polar surface area (TPSA) is 73.6 Å². The fourth-order valence-corrected chi connectivity index (χ4v) is 3.90. The van der Waals surface area contributed by atoms with Crippen LogP contribution >= 0.6 is 0 Å². The first-order valence-electron chi connectivity index (χ1n) is 10.3. The molecule has 0 spiro atoms. The number of ether oxygens (including phenoxy) is 2. The third-order valence-electron chi connectivity index (χ3n) is 5.44. The van der Waals surface area contributed by atoms with Gasteiger partial charge in [-0.1, -0.05) is 45.4 Å². The van der Waals surface area contributed by atoms with E-state index in [4.69, 9.17) is 9.47 Å². The van der Waals surface area contributed by atoms with E-state index in [9.17, 15) is 9.90 Å². The summed E-state index contributed by atoms with van der Waals surface area (Å²) in [4.78, 5) is 16.4. The highest BCUT2D eigenvalue weighted by atomic mass is 16.5. The Labute approximate surface area is 155 Å². The zero-order chi connectivity index (χ0) is 18.4. The summed E-state index contributed by atoms with van der Waals surface area (Å²) in [6, 6.07) is 0. The summed E-state index contributed by atoms with van der Waals surface area (Å²) >= 11 is 0. The second kappa shape index (κ2) is 9.51. The maximum absolute atomic E-state index is 12.3. The molecule has 0 saturated carbocycles. The van der Waals surface area contributed by atoms with Crippen molar-refractivity contribution in [2.24, 2.45) is 0 Å². The molecule has 146 valence electrons. The molecule has 1 aromatic rings. The van der Waals surface area contributed by atoms with Gasteiger partial charge in [-0.15, -0.1) is 0 Å². The van der Waals surface area contributed by atoms with Gasteiger partial charge in [-0.05, 0) is 25.7 Å². The van der Waals surface area contributed by atoms with Crippen molar-refractivity contribution in [1.29, 1.82) is 0 Å². The number of unbranched alkanes of at least 4 members (excludes halogenated alkanes) is 6. The van der Waals surface area contributed by atoms with Crippen LogP contribution in [0.15, 0.2) is 11.0 Å². The summed E-state index contributed by atoms with van der Waals surface area (Å²) in [7, 11) is 0. The zero-order valence-electron chi connectivity index (χ0n) is 15.9. The maximum Gasteiger partial charge on any atom is 0.352 e. The van der Waals surface area contributed by atoms with Gasteiger partial charge in [0.15, 0.2) is 0 Å². The smallest absolute Gasteiger partial charge is 0.352 e. The molecule has 2 aliphatic heterocycles. The summed E-state index contributed by atoms with van der Waals surface area (Å²) in [5.41, 5.74) is 0.664. The lowest BCUT2D eigenvalue weighted by Gasteiger charge is -2.15. The number of aliphatic hydroxyl groups is 1. The lowest BCUT2D eigenvalue weighted by molar-refractivity contribution is -0.0247. The zero-order valence-corrected chi connectivity index (χ0v) is 15.9. The molecule has 0 amide bonds. The molecular formula is C20H32N2O4. The molecule has 0 radical (unpaired) electrons. The van der Waals surface area contributed by atoms with Crippen LogP contribution in [-0.4, -0.2) is 33.5 Å². The summed E-state index contributed by atoms with van der Waals surface area (Å²) < 4.78 is 13.2. The van der Waals surface area contributed by atoms with Gasteiger partial charge in [0.1, 0.15) is 12.3 Å². The van der Waals surface area contributed by atoms with Crippen LogP contribution < -0.4 is 10.4 Å². The Kier molecular flexibility index (Phi) is 7.08. The molecular weight excluding hydrogens is 332 g/mol. The monoisotopic (exact) mass is 364 g/mol. The Morgan fingerprint density at radius 1 is 1.15 bits per heavy atom. The molecule has 1 saturated heterocycles. The van der Waals surface area contributed by atoms with Gasteiger partial charge in [-0.3, -0.25) is 4.57 Å². The highest BCUT2D eigenvalue weighted by Gasteiger charge is 2.30. The molecule has 2 aliphatic rings. The third kappa shape index (κ3) is 4.86. The number of fused-ring (bicyclic) bond motifs is 1. The Morgan fingerprint density at radius 3 is 2.65 bits per heavy atom. The summed E-state index contributed by atoms with van der Waals surface area (Å²) in [5, 5.41) is 9.20. The Hall–Kier alpha value is -1.40. The fraction of sp³-hybridized carbons (Fsp3) is 0.800. The van der Waals surface area contributed by atoms with E-state index in [1.807, 2.05) is 6.20 Å². The van der Waals surface area contributed by atoms with Crippen LogP contribution in [0.1, 0.15) is 82.9 Å². The molecule has 1 aromatic heterocycles. The molecule has 1 unspecified atom stereocenters. The molecule has 3 rings (SSSR count). The molecule has 1 fully saturated rings. The quantitative estimate of drug-likeness (QED) is 0.645. The molecule has 3 heterocycles. The standard InChI is InChI=1S/C20H32N2O4/c1-2-3-4-5-6-7-8-9-16-12-15-13-22(20(24)21-19(15)26-16)18-11-10-17(14-23)25-18/h13,16-18,23H,2-12,14H2,1H3/t16?,17-,18+/m0/s1. The number of aliphatic hydroxyl groups excluding tert-OH is 1. The first-order chi connectivity index (χ1) is 12.7. The molecule has 0 aromatic carbocycles. The third-order valence-corrected chi connectivity index (χ3v) is 5.44. The van der Waals surface area contributed by atoms with Crippen LogP contribution in [0, 0.1) is 0 Å². The lowest BCUT2D eigenvalue weighted by Crippen LogP contribution is -2.27. The van der Waals surface area contributed by atoms with E-state index in [-0.39, 0.29) is 30.7 Å². The number of aromatic nitrogens is 2. The molecule has 0 aliphatic carbocycles. The molecule has 26 heavy (non-hydrogen) atoms. The summed E-state index contributed by atoms with van der Waals surface area (Å²) in [6.45, 7) is 2.23. The lowest BCUT2D eigenvalue weighted by atomic mass is 10.0. The van der Waals surface area contributed by atoms with Gasteiger partial charge in [0.05, 0.1) is 12.7 Å². The number of rotatable bonds is 10. The van der Waals surface area contributed by atoms with Gasteiger partial charge >= 0.3 is 5.69 Å². The van der Waals surface area contributed by atoms with Crippen molar-refractivity contribution in [3.8, 4) is 5.88 Å². The van der Waals surface area contributed by atoms with E-state index in [1.54, 1.807) is 4.57 Å². The minimum Gasteiger partial charge on any atom is -0.474 e. The van der Waals surface area contributed by atoms with Crippen LogP contribution in [0.2, 0.25) is 0 Å². The fourth-order valence-electron chi connectivity index (χ4n) is 3.90. The average Bonchev–Trinajstić information content (AvgIpc) is 3.26. The van der Waals surface area contributed by atoms with Crippen LogP contribution in [0.5, 0.6) is 5.88 Å². The van der Waals surface area contributed by atoms with Crippen molar-refractivity contribution < 1.29 is 14.6 Å². The number of hydrogen-bond acceptors (Lipinski definition) is 5. The summed E-state index contributed by atoms with van der Waals surface area (Å²) in [6.07, 6.45) is 13.8. The second-order valence-corrected chi connectivity index (χ2v) is 7.59. The maximum atomic E-state index is 12.3. The molecule has 0 bridgehead atoms. The Bertz CT molecular complexity index is 631. The summed E-state index contributed by atoms with van der Waals surface area (Å²) in [5.74, 6) is 0.496. The number of nitrogens with zero attached hydrogens (tertiary/aromatic N) is 2. The molecule has 3 atom stereocenters. The van der Waals surface area contributed by atoms with Gasteiger partial charge in [0.25, 0.3) is 0 Å². The number of hydrogen-bond donors (Lipinski definition) is 1. The van der Waals surface area contributed by atoms with Crippen molar-refractivity contribution >= 4 is 0 Å². The SMILES string of the molecule is CCCCCCCCCC1Cc2cn([C@H]3CC[C@@H](CO)O3)c(=O)nc2O1. The second-order valence-electron chi connectivity index (χ2n) is 7.59. The minimum atomic E-state index is -0.330. The Balaban J connectivity index is 1.47. The van der Waals surface area contributed by atoms with E-state index < -0.39 is 0 Å². The van der Waals surface area contributed by atoms with E-state index in [0.29, 0.717) is 5.88 Å².